The Kier molecular flexibility index (Phi) is 2.95. The van der Waals surface area contributed by atoms with Gasteiger partial charge in [-0.05, 0) is 32.7 Å². The Hall–Kier alpha value is -0.180. The summed E-state index contributed by atoms with van der Waals surface area (Å²) in [5.74, 6) is -2.32. The topological polar surface area (TPSA) is 12.0 Å². The van der Waals surface area contributed by atoms with Gasteiger partial charge in [-0.1, -0.05) is 6.92 Å². The smallest absolute Gasteiger partial charge is 0.248 e. The zero-order valence-electron chi connectivity index (χ0n) is 8.66. The third kappa shape index (κ3) is 3.22. The van der Waals surface area contributed by atoms with E-state index < -0.39 is 5.92 Å². The van der Waals surface area contributed by atoms with Crippen LogP contribution in [-0.2, 0) is 0 Å². The predicted octanol–water partition coefficient (Wildman–Crippen LogP) is 2.81. The summed E-state index contributed by atoms with van der Waals surface area (Å²) < 4.78 is 26.1. The van der Waals surface area contributed by atoms with Crippen LogP contribution in [-0.4, -0.2) is 18.0 Å². The highest BCUT2D eigenvalue weighted by Gasteiger charge is 2.37. The molecule has 0 saturated carbocycles. The third-order valence-corrected chi connectivity index (χ3v) is 2.77. The molecule has 1 rings (SSSR count). The lowest BCUT2D eigenvalue weighted by Gasteiger charge is -2.20. The Labute approximate surface area is 78.9 Å². The molecule has 1 N–H and O–H groups in total. The molecule has 1 fully saturated rings. The van der Waals surface area contributed by atoms with E-state index in [2.05, 4.69) is 19.2 Å². The van der Waals surface area contributed by atoms with Crippen molar-refractivity contribution in [1.82, 2.24) is 5.32 Å². The Bertz CT molecular complexity index is 178. The zero-order chi connectivity index (χ0) is 10.1. The molecular weight excluding hydrogens is 172 g/mol. The van der Waals surface area contributed by atoms with Crippen molar-refractivity contribution in [3.8, 4) is 0 Å². The molecule has 1 aliphatic rings. The average Bonchev–Trinajstić information content (AvgIpc) is 2.29. The van der Waals surface area contributed by atoms with Crippen LogP contribution in [0.5, 0.6) is 0 Å². The van der Waals surface area contributed by atoms with Gasteiger partial charge in [0.25, 0.3) is 0 Å². The monoisotopic (exact) mass is 191 g/mol. The first kappa shape index (κ1) is 10.9. The van der Waals surface area contributed by atoms with Crippen molar-refractivity contribution in [2.45, 2.75) is 51.5 Å². The summed E-state index contributed by atoms with van der Waals surface area (Å²) in [7, 11) is 0. The molecule has 0 spiro atoms. The van der Waals surface area contributed by atoms with Crippen molar-refractivity contribution in [2.24, 2.45) is 5.92 Å². The fraction of sp³-hybridized carbons (Fsp3) is 1.00. The molecule has 0 amide bonds. The molecule has 1 atom stereocenters. The number of halogens is 2. The van der Waals surface area contributed by atoms with Crippen molar-refractivity contribution >= 4 is 0 Å². The van der Waals surface area contributed by atoms with Crippen LogP contribution in [0.2, 0.25) is 0 Å². The molecular formula is C10H19F2N. The summed E-state index contributed by atoms with van der Waals surface area (Å²) in [6, 6.07) is 0. The van der Waals surface area contributed by atoms with Gasteiger partial charge in [0.15, 0.2) is 0 Å². The molecule has 1 saturated heterocycles. The molecule has 3 heteroatoms. The number of nitrogens with one attached hydrogen (secondary N) is 1. The maximum atomic E-state index is 13.0. The molecule has 0 aromatic rings. The first-order chi connectivity index (χ1) is 5.85. The fourth-order valence-corrected chi connectivity index (χ4v) is 2.00. The summed E-state index contributed by atoms with van der Waals surface area (Å²) >= 11 is 0. The van der Waals surface area contributed by atoms with Crippen molar-refractivity contribution < 1.29 is 8.78 Å². The minimum atomic E-state index is -2.47. The summed E-state index contributed by atoms with van der Waals surface area (Å²) in [5.41, 5.74) is 0.0501. The molecule has 0 aromatic carbocycles. The van der Waals surface area contributed by atoms with Gasteiger partial charge in [0, 0.05) is 18.4 Å². The largest absolute Gasteiger partial charge is 0.312 e. The molecule has 0 aromatic heterocycles. The van der Waals surface area contributed by atoms with Crippen LogP contribution in [0.3, 0.4) is 0 Å². The summed E-state index contributed by atoms with van der Waals surface area (Å²) in [6.45, 7) is 6.42. The SMILES string of the molecule is CCC(F)(F)CC1CNC(C)(C)C1. The fourth-order valence-electron chi connectivity index (χ4n) is 2.00. The number of rotatable bonds is 3. The van der Waals surface area contributed by atoms with Crippen LogP contribution in [0.15, 0.2) is 0 Å². The van der Waals surface area contributed by atoms with Gasteiger partial charge in [0.2, 0.25) is 5.92 Å². The number of alkyl halides is 2. The highest BCUT2D eigenvalue weighted by Crippen LogP contribution is 2.33. The molecule has 78 valence electrons. The predicted molar refractivity (Wildman–Crippen MR) is 50.0 cm³/mol. The second-order valence-corrected chi connectivity index (χ2v) is 4.75. The molecule has 0 aliphatic carbocycles. The van der Waals surface area contributed by atoms with Crippen molar-refractivity contribution in [2.75, 3.05) is 6.54 Å². The van der Waals surface area contributed by atoms with Gasteiger partial charge in [-0.25, -0.2) is 8.78 Å². The van der Waals surface area contributed by atoms with E-state index in [9.17, 15) is 8.78 Å². The lowest BCUT2D eigenvalue weighted by atomic mass is 9.92. The van der Waals surface area contributed by atoms with Crippen molar-refractivity contribution in [3.05, 3.63) is 0 Å². The number of hydrogen-bond acceptors (Lipinski definition) is 1. The van der Waals surface area contributed by atoms with Crippen LogP contribution in [0.4, 0.5) is 8.78 Å². The van der Waals surface area contributed by atoms with E-state index in [1.54, 1.807) is 6.92 Å². The zero-order valence-corrected chi connectivity index (χ0v) is 8.66. The third-order valence-electron chi connectivity index (χ3n) is 2.77. The Morgan fingerprint density at radius 2 is 2.08 bits per heavy atom. The van der Waals surface area contributed by atoms with Gasteiger partial charge in [0.1, 0.15) is 0 Å². The molecule has 1 nitrogen and oxygen atoms in total. The van der Waals surface area contributed by atoms with Gasteiger partial charge in [-0.15, -0.1) is 0 Å². The second kappa shape index (κ2) is 3.52. The van der Waals surface area contributed by atoms with E-state index in [0.717, 1.165) is 13.0 Å². The van der Waals surface area contributed by atoms with Gasteiger partial charge < -0.3 is 5.32 Å². The van der Waals surface area contributed by atoms with Crippen molar-refractivity contribution in [1.29, 1.82) is 0 Å². The molecule has 13 heavy (non-hydrogen) atoms. The van der Waals surface area contributed by atoms with E-state index in [4.69, 9.17) is 0 Å². The molecule has 1 unspecified atom stereocenters. The molecule has 0 bridgehead atoms. The van der Waals surface area contributed by atoms with Crippen LogP contribution in [0.25, 0.3) is 0 Å². The average molecular weight is 191 g/mol. The maximum absolute atomic E-state index is 13.0. The van der Waals surface area contributed by atoms with E-state index in [1.807, 2.05) is 0 Å². The van der Waals surface area contributed by atoms with Gasteiger partial charge >= 0.3 is 0 Å². The molecule has 1 heterocycles. The second-order valence-electron chi connectivity index (χ2n) is 4.75. The Morgan fingerprint density at radius 3 is 2.46 bits per heavy atom. The van der Waals surface area contributed by atoms with Gasteiger partial charge in [-0.2, -0.15) is 0 Å². The maximum Gasteiger partial charge on any atom is 0.248 e. The van der Waals surface area contributed by atoms with E-state index in [-0.39, 0.29) is 24.3 Å². The molecule has 0 radical (unpaired) electrons. The normalized spacial score (nSPS) is 27.9. The Morgan fingerprint density at radius 1 is 1.46 bits per heavy atom. The first-order valence-electron chi connectivity index (χ1n) is 4.97. The van der Waals surface area contributed by atoms with Crippen molar-refractivity contribution in [3.63, 3.8) is 0 Å². The highest BCUT2D eigenvalue weighted by molar-refractivity contribution is 4.90. The highest BCUT2D eigenvalue weighted by atomic mass is 19.3. The minimum Gasteiger partial charge on any atom is -0.312 e. The summed E-state index contributed by atoms with van der Waals surface area (Å²) in [5, 5.41) is 3.26. The number of hydrogen-bond donors (Lipinski definition) is 1. The summed E-state index contributed by atoms with van der Waals surface area (Å²) in [6.07, 6.45) is 0.868. The van der Waals surface area contributed by atoms with E-state index in [0.29, 0.717) is 0 Å². The van der Waals surface area contributed by atoms with E-state index in [1.165, 1.54) is 0 Å². The standard InChI is InChI=1S/C10H19F2N/c1-4-10(11,12)6-8-5-9(2,3)13-7-8/h8,13H,4-7H2,1-3H3. The van der Waals surface area contributed by atoms with Crippen LogP contribution >= 0.6 is 0 Å². The van der Waals surface area contributed by atoms with E-state index >= 15 is 0 Å². The van der Waals surface area contributed by atoms with Crippen LogP contribution in [0.1, 0.15) is 40.0 Å². The minimum absolute atomic E-state index is 0.0378. The molecule has 1 aliphatic heterocycles. The van der Waals surface area contributed by atoms with Gasteiger partial charge in [0.05, 0.1) is 0 Å². The lowest BCUT2D eigenvalue weighted by Crippen LogP contribution is -2.31. The van der Waals surface area contributed by atoms with Crippen LogP contribution < -0.4 is 5.32 Å². The van der Waals surface area contributed by atoms with Crippen LogP contribution in [0, 0.1) is 5.92 Å². The summed E-state index contributed by atoms with van der Waals surface area (Å²) in [4.78, 5) is 0. The quantitative estimate of drug-likeness (QED) is 0.723. The first-order valence-corrected chi connectivity index (χ1v) is 4.97. The Balaban J connectivity index is 2.40. The van der Waals surface area contributed by atoms with Gasteiger partial charge in [-0.3, -0.25) is 0 Å². The lowest BCUT2D eigenvalue weighted by molar-refractivity contribution is -0.0248.